The topological polar surface area (TPSA) is 37.4 Å². The molecule has 3 nitrogen and oxygen atoms in total. The van der Waals surface area contributed by atoms with Gasteiger partial charge < -0.3 is 0 Å². The van der Waals surface area contributed by atoms with Crippen LogP contribution in [0, 0.1) is 0 Å². The number of carbonyl (C=O) groups is 2. The minimum atomic E-state index is -1.76. The number of hydrogen-bond donors (Lipinski definition) is 0. The Morgan fingerprint density at radius 1 is 0.789 bits per heavy atom. The highest BCUT2D eigenvalue weighted by Gasteiger charge is 2.40. The summed E-state index contributed by atoms with van der Waals surface area (Å²) in [4.78, 5) is 24.8. The zero-order valence-corrected chi connectivity index (χ0v) is 9.92. The van der Waals surface area contributed by atoms with E-state index in [9.17, 15) is 14.0 Å². The fraction of sp³-hybridized carbons (Fsp3) is 0.0667. The van der Waals surface area contributed by atoms with Gasteiger partial charge in [-0.2, -0.15) is 0 Å². The summed E-state index contributed by atoms with van der Waals surface area (Å²) in [5.41, 5.74) is 0.800. The number of amides is 2. The summed E-state index contributed by atoms with van der Waals surface area (Å²) in [5.74, 6) is -1.17. The van der Waals surface area contributed by atoms with Gasteiger partial charge in [0.1, 0.15) is 0 Å². The van der Waals surface area contributed by atoms with Gasteiger partial charge in [0.15, 0.2) is 0 Å². The number of imide groups is 1. The Bertz CT molecular complexity index is 619. The molecule has 0 aliphatic carbocycles. The van der Waals surface area contributed by atoms with E-state index in [2.05, 4.69) is 0 Å². The molecule has 0 saturated heterocycles. The van der Waals surface area contributed by atoms with Crippen molar-refractivity contribution in [2.24, 2.45) is 0 Å². The van der Waals surface area contributed by atoms with Gasteiger partial charge in [0.2, 0.25) is 6.30 Å². The summed E-state index contributed by atoms with van der Waals surface area (Å²) in [6, 6.07) is 14.6. The minimum Gasteiger partial charge on any atom is -0.268 e. The smallest absolute Gasteiger partial charge is 0.264 e. The van der Waals surface area contributed by atoms with Gasteiger partial charge in [0.05, 0.1) is 11.1 Å². The van der Waals surface area contributed by atoms with Crippen LogP contribution in [0.25, 0.3) is 0 Å². The van der Waals surface area contributed by atoms with Crippen LogP contribution < -0.4 is 0 Å². The SMILES string of the molecule is O=C1c2ccccc2C(=O)N1C(F)c1ccccc1. The Labute approximate surface area is 109 Å². The fourth-order valence-corrected chi connectivity index (χ4v) is 2.17. The first-order valence-electron chi connectivity index (χ1n) is 5.86. The molecule has 4 heteroatoms. The van der Waals surface area contributed by atoms with Crippen molar-refractivity contribution in [2.75, 3.05) is 0 Å². The maximum Gasteiger partial charge on any atom is 0.264 e. The fourth-order valence-electron chi connectivity index (χ4n) is 2.17. The summed E-state index contributed by atoms with van der Waals surface area (Å²) in [7, 11) is 0. The van der Waals surface area contributed by atoms with Crippen LogP contribution in [0.4, 0.5) is 4.39 Å². The predicted octanol–water partition coefficient (Wildman–Crippen LogP) is 2.95. The first-order chi connectivity index (χ1) is 9.20. The second kappa shape index (κ2) is 4.31. The van der Waals surface area contributed by atoms with Crippen molar-refractivity contribution in [1.82, 2.24) is 4.90 Å². The Balaban J connectivity index is 2.01. The number of nitrogens with zero attached hydrogens (tertiary/aromatic N) is 1. The molecule has 1 aliphatic rings. The van der Waals surface area contributed by atoms with Crippen molar-refractivity contribution in [1.29, 1.82) is 0 Å². The van der Waals surface area contributed by atoms with Crippen molar-refractivity contribution in [3.8, 4) is 0 Å². The van der Waals surface area contributed by atoms with Crippen molar-refractivity contribution in [3.63, 3.8) is 0 Å². The first-order valence-corrected chi connectivity index (χ1v) is 5.86. The lowest BCUT2D eigenvalue weighted by Crippen LogP contribution is -2.31. The van der Waals surface area contributed by atoms with E-state index in [1.807, 2.05) is 0 Å². The Hall–Kier alpha value is -2.49. The Kier molecular flexibility index (Phi) is 2.63. The number of rotatable bonds is 2. The standard InChI is InChI=1S/C15H10FNO2/c16-13(10-6-2-1-3-7-10)17-14(18)11-8-4-5-9-12(11)15(17)19/h1-9,13H. The van der Waals surface area contributed by atoms with E-state index >= 15 is 0 Å². The molecule has 94 valence electrons. The van der Waals surface area contributed by atoms with Gasteiger partial charge in [-0.25, -0.2) is 9.29 Å². The number of alkyl halides is 1. The molecule has 1 atom stereocenters. The molecular formula is C15H10FNO2. The number of benzene rings is 2. The molecule has 0 radical (unpaired) electrons. The molecule has 1 heterocycles. The molecule has 19 heavy (non-hydrogen) atoms. The monoisotopic (exact) mass is 255 g/mol. The highest BCUT2D eigenvalue weighted by atomic mass is 19.1. The van der Waals surface area contributed by atoms with Crippen molar-refractivity contribution >= 4 is 11.8 Å². The third-order valence-corrected chi connectivity index (χ3v) is 3.13. The summed E-state index contributed by atoms with van der Waals surface area (Å²) in [6.45, 7) is 0. The maximum atomic E-state index is 14.4. The molecule has 0 aromatic heterocycles. The zero-order chi connectivity index (χ0) is 13.4. The Morgan fingerprint density at radius 3 is 1.79 bits per heavy atom. The van der Waals surface area contributed by atoms with E-state index in [0.717, 1.165) is 0 Å². The molecule has 0 fully saturated rings. The van der Waals surface area contributed by atoms with E-state index in [1.54, 1.807) is 42.5 Å². The summed E-state index contributed by atoms with van der Waals surface area (Å²) in [6.07, 6.45) is -1.76. The van der Waals surface area contributed by atoms with Crippen molar-refractivity contribution in [3.05, 3.63) is 71.3 Å². The molecular weight excluding hydrogens is 245 g/mol. The summed E-state index contributed by atoms with van der Waals surface area (Å²) < 4.78 is 14.4. The lowest BCUT2D eigenvalue weighted by molar-refractivity contribution is 0.0414. The van der Waals surface area contributed by atoms with Crippen LogP contribution in [0.1, 0.15) is 32.6 Å². The van der Waals surface area contributed by atoms with E-state index in [4.69, 9.17) is 0 Å². The van der Waals surface area contributed by atoms with Crippen LogP contribution >= 0.6 is 0 Å². The number of halogens is 1. The van der Waals surface area contributed by atoms with Crippen LogP contribution in [0.3, 0.4) is 0 Å². The molecule has 0 saturated carbocycles. The Morgan fingerprint density at radius 2 is 1.26 bits per heavy atom. The van der Waals surface area contributed by atoms with Gasteiger partial charge in [-0.05, 0) is 12.1 Å². The molecule has 0 spiro atoms. The average molecular weight is 255 g/mol. The largest absolute Gasteiger partial charge is 0.268 e. The van der Waals surface area contributed by atoms with Gasteiger partial charge in [-0.1, -0.05) is 42.5 Å². The minimum absolute atomic E-state index is 0.256. The quantitative estimate of drug-likeness (QED) is 0.611. The maximum absolute atomic E-state index is 14.4. The number of carbonyl (C=O) groups excluding carboxylic acids is 2. The molecule has 0 N–H and O–H groups in total. The van der Waals surface area contributed by atoms with Crippen LogP contribution in [0.5, 0.6) is 0 Å². The normalized spacial score (nSPS) is 15.5. The molecule has 3 rings (SSSR count). The van der Waals surface area contributed by atoms with E-state index in [0.29, 0.717) is 4.90 Å². The van der Waals surface area contributed by atoms with Crippen molar-refractivity contribution in [2.45, 2.75) is 6.30 Å². The van der Waals surface area contributed by atoms with Gasteiger partial charge >= 0.3 is 0 Å². The van der Waals surface area contributed by atoms with Crippen LogP contribution in [0.15, 0.2) is 54.6 Å². The third-order valence-electron chi connectivity index (χ3n) is 3.13. The second-order valence-electron chi connectivity index (χ2n) is 4.27. The number of fused-ring (bicyclic) bond motifs is 1. The highest BCUT2D eigenvalue weighted by Crippen LogP contribution is 2.31. The van der Waals surface area contributed by atoms with E-state index < -0.39 is 18.1 Å². The second-order valence-corrected chi connectivity index (χ2v) is 4.27. The summed E-state index contributed by atoms with van der Waals surface area (Å²) >= 11 is 0. The highest BCUT2D eigenvalue weighted by molar-refractivity contribution is 6.21. The molecule has 2 amide bonds. The van der Waals surface area contributed by atoms with E-state index in [-0.39, 0.29) is 16.7 Å². The molecule has 2 aromatic rings. The predicted molar refractivity (Wildman–Crippen MR) is 67.2 cm³/mol. The van der Waals surface area contributed by atoms with Crippen molar-refractivity contribution < 1.29 is 14.0 Å². The van der Waals surface area contributed by atoms with Crippen LogP contribution in [-0.2, 0) is 0 Å². The lowest BCUT2D eigenvalue weighted by Gasteiger charge is -2.19. The first kappa shape index (κ1) is 11.6. The molecule has 2 aromatic carbocycles. The van der Waals surface area contributed by atoms with Crippen LogP contribution in [-0.4, -0.2) is 16.7 Å². The van der Waals surface area contributed by atoms with Gasteiger partial charge in [-0.15, -0.1) is 0 Å². The molecule has 1 aliphatic heterocycles. The molecule has 0 bridgehead atoms. The number of hydrogen-bond acceptors (Lipinski definition) is 2. The van der Waals surface area contributed by atoms with Gasteiger partial charge in [-0.3, -0.25) is 9.59 Å². The third kappa shape index (κ3) is 1.73. The van der Waals surface area contributed by atoms with E-state index in [1.165, 1.54) is 12.1 Å². The lowest BCUT2D eigenvalue weighted by atomic mass is 10.1. The van der Waals surface area contributed by atoms with Gasteiger partial charge in [0.25, 0.3) is 11.8 Å². The summed E-state index contributed by atoms with van der Waals surface area (Å²) in [5, 5.41) is 0. The van der Waals surface area contributed by atoms with Crippen LogP contribution in [0.2, 0.25) is 0 Å². The zero-order valence-electron chi connectivity index (χ0n) is 9.92. The van der Waals surface area contributed by atoms with Gasteiger partial charge in [0, 0.05) is 5.56 Å². The average Bonchev–Trinajstić information content (AvgIpc) is 2.72. The molecule has 1 unspecified atom stereocenters.